The number of aromatic nitrogens is 2. The van der Waals surface area contributed by atoms with Gasteiger partial charge in [-0.05, 0) is 6.42 Å². The summed E-state index contributed by atoms with van der Waals surface area (Å²) in [5, 5.41) is 9.56. The van der Waals surface area contributed by atoms with E-state index in [4.69, 9.17) is 15.3 Å². The van der Waals surface area contributed by atoms with E-state index >= 15 is 0 Å². The van der Waals surface area contributed by atoms with Crippen LogP contribution < -0.4 is 11.3 Å². The summed E-state index contributed by atoms with van der Waals surface area (Å²) >= 11 is 1.46. The highest BCUT2D eigenvalue weighted by Gasteiger charge is 2.09. The van der Waals surface area contributed by atoms with Gasteiger partial charge in [0, 0.05) is 33.9 Å². The number of hydrazine groups is 1. The predicted molar refractivity (Wildman–Crippen MR) is 71.4 cm³/mol. The molecule has 1 heterocycles. The molecule has 3 N–H and O–H groups in total. The zero-order valence-corrected chi connectivity index (χ0v) is 11.7. The van der Waals surface area contributed by atoms with Crippen molar-refractivity contribution in [3.63, 3.8) is 0 Å². The van der Waals surface area contributed by atoms with Gasteiger partial charge in [-0.1, -0.05) is 11.3 Å². The predicted octanol–water partition coefficient (Wildman–Crippen LogP) is 0.309. The molecule has 1 aromatic rings. The van der Waals surface area contributed by atoms with Crippen LogP contribution in [0.3, 0.4) is 0 Å². The molecular weight excluding hydrogens is 254 g/mol. The Bertz CT molecular complexity index is 323. The second-order valence-corrected chi connectivity index (χ2v) is 4.82. The highest BCUT2D eigenvalue weighted by atomic mass is 32.1. The van der Waals surface area contributed by atoms with E-state index in [1.54, 1.807) is 14.2 Å². The summed E-state index contributed by atoms with van der Waals surface area (Å²) in [5.41, 5.74) is 2.50. The standard InChI is InChI=1S/C10H21N5O2S/c1-16-6-3-4-15(5-7-17-2)8-9-13-14-10(12-11)18-9/h3-8,11H2,1-2H3,(H,12,14). The van der Waals surface area contributed by atoms with Gasteiger partial charge in [-0.15, -0.1) is 10.2 Å². The average Bonchev–Trinajstić information content (AvgIpc) is 2.83. The zero-order valence-electron chi connectivity index (χ0n) is 10.9. The molecule has 0 amide bonds. The van der Waals surface area contributed by atoms with Gasteiger partial charge in [-0.25, -0.2) is 5.84 Å². The molecule has 8 heteroatoms. The first-order valence-corrected chi connectivity index (χ1v) is 6.61. The fourth-order valence-corrected chi connectivity index (χ4v) is 2.18. The Labute approximate surface area is 111 Å². The first kappa shape index (κ1) is 15.3. The molecule has 0 aromatic carbocycles. The Balaban J connectivity index is 2.42. The number of nitrogens with two attached hydrogens (primary N) is 1. The maximum absolute atomic E-state index is 5.28. The van der Waals surface area contributed by atoms with Gasteiger partial charge in [0.1, 0.15) is 5.01 Å². The minimum absolute atomic E-state index is 0.633. The summed E-state index contributed by atoms with van der Waals surface area (Å²) < 4.78 is 10.2. The van der Waals surface area contributed by atoms with Gasteiger partial charge in [0.15, 0.2) is 0 Å². The second kappa shape index (κ2) is 9.17. The third-order valence-corrected chi connectivity index (χ3v) is 3.22. The van der Waals surface area contributed by atoms with E-state index in [9.17, 15) is 0 Å². The topological polar surface area (TPSA) is 85.5 Å². The minimum atomic E-state index is 0.633. The third-order valence-electron chi connectivity index (χ3n) is 2.38. The van der Waals surface area contributed by atoms with Crippen molar-refractivity contribution in [2.75, 3.05) is 45.9 Å². The number of ether oxygens (including phenoxy) is 2. The van der Waals surface area contributed by atoms with Crippen molar-refractivity contribution in [3.8, 4) is 0 Å². The van der Waals surface area contributed by atoms with Crippen LogP contribution >= 0.6 is 11.3 Å². The molecule has 0 bridgehead atoms. The fourth-order valence-electron chi connectivity index (χ4n) is 1.49. The molecule has 0 saturated heterocycles. The van der Waals surface area contributed by atoms with E-state index in [0.29, 0.717) is 11.7 Å². The Hall–Kier alpha value is -0.800. The Morgan fingerprint density at radius 3 is 2.61 bits per heavy atom. The maximum Gasteiger partial charge on any atom is 0.219 e. The largest absolute Gasteiger partial charge is 0.385 e. The molecule has 0 fully saturated rings. The Kier molecular flexibility index (Phi) is 7.78. The molecule has 0 aliphatic heterocycles. The van der Waals surface area contributed by atoms with Crippen LogP contribution in [0.2, 0.25) is 0 Å². The molecule has 1 aromatic heterocycles. The van der Waals surface area contributed by atoms with Crippen LogP contribution in [0.1, 0.15) is 11.4 Å². The number of nitrogen functional groups attached to an aromatic ring is 1. The van der Waals surface area contributed by atoms with Crippen molar-refractivity contribution >= 4 is 16.5 Å². The number of anilines is 1. The lowest BCUT2D eigenvalue weighted by molar-refractivity contribution is 0.129. The van der Waals surface area contributed by atoms with Crippen LogP contribution in [0.5, 0.6) is 0 Å². The summed E-state index contributed by atoms with van der Waals surface area (Å²) in [7, 11) is 3.41. The number of rotatable bonds is 10. The van der Waals surface area contributed by atoms with Crippen molar-refractivity contribution in [3.05, 3.63) is 5.01 Å². The minimum Gasteiger partial charge on any atom is -0.385 e. The monoisotopic (exact) mass is 275 g/mol. The number of methoxy groups -OCH3 is 2. The molecule has 0 aliphatic rings. The van der Waals surface area contributed by atoms with Crippen LogP contribution in [0.25, 0.3) is 0 Å². The normalized spacial score (nSPS) is 11.1. The SMILES string of the molecule is COCCCN(CCOC)Cc1nnc(NN)s1. The van der Waals surface area contributed by atoms with Crippen LogP contribution in [0.15, 0.2) is 0 Å². The fraction of sp³-hybridized carbons (Fsp3) is 0.800. The van der Waals surface area contributed by atoms with Gasteiger partial charge in [0.25, 0.3) is 0 Å². The first-order valence-electron chi connectivity index (χ1n) is 5.79. The van der Waals surface area contributed by atoms with Crippen LogP contribution in [0, 0.1) is 0 Å². The van der Waals surface area contributed by atoms with Gasteiger partial charge < -0.3 is 9.47 Å². The molecule has 18 heavy (non-hydrogen) atoms. The van der Waals surface area contributed by atoms with E-state index in [1.807, 2.05) is 0 Å². The number of hydrogen-bond acceptors (Lipinski definition) is 8. The molecule has 0 saturated carbocycles. The summed E-state index contributed by atoms with van der Waals surface area (Å²) in [6.45, 7) is 4.03. The van der Waals surface area contributed by atoms with Crippen molar-refractivity contribution < 1.29 is 9.47 Å². The van der Waals surface area contributed by atoms with Crippen LogP contribution in [0.4, 0.5) is 5.13 Å². The molecule has 7 nitrogen and oxygen atoms in total. The lowest BCUT2D eigenvalue weighted by atomic mass is 10.4. The molecule has 0 spiro atoms. The quantitative estimate of drug-likeness (QED) is 0.361. The number of nitrogens with zero attached hydrogens (tertiary/aromatic N) is 3. The van der Waals surface area contributed by atoms with Crippen molar-refractivity contribution in [1.82, 2.24) is 15.1 Å². The van der Waals surface area contributed by atoms with Crippen molar-refractivity contribution in [2.45, 2.75) is 13.0 Å². The molecule has 0 unspecified atom stereocenters. The second-order valence-electron chi connectivity index (χ2n) is 3.76. The summed E-state index contributed by atoms with van der Waals surface area (Å²) in [5.74, 6) is 5.28. The summed E-state index contributed by atoms with van der Waals surface area (Å²) in [6, 6.07) is 0. The smallest absolute Gasteiger partial charge is 0.219 e. The lowest BCUT2D eigenvalue weighted by Gasteiger charge is -2.20. The van der Waals surface area contributed by atoms with E-state index in [-0.39, 0.29) is 0 Å². The van der Waals surface area contributed by atoms with Crippen molar-refractivity contribution in [2.24, 2.45) is 5.84 Å². The van der Waals surface area contributed by atoms with Crippen LogP contribution in [-0.4, -0.2) is 55.6 Å². The van der Waals surface area contributed by atoms with Gasteiger partial charge in [-0.3, -0.25) is 10.3 Å². The molecule has 0 atom stereocenters. The van der Waals surface area contributed by atoms with E-state index in [1.165, 1.54) is 11.3 Å². The van der Waals surface area contributed by atoms with Crippen molar-refractivity contribution in [1.29, 1.82) is 0 Å². The van der Waals surface area contributed by atoms with E-state index in [2.05, 4.69) is 20.5 Å². The average molecular weight is 275 g/mol. The Morgan fingerprint density at radius 2 is 2.00 bits per heavy atom. The first-order chi connectivity index (χ1) is 8.80. The molecule has 0 aliphatic carbocycles. The number of nitrogens with one attached hydrogen (secondary N) is 1. The summed E-state index contributed by atoms with van der Waals surface area (Å²) in [4.78, 5) is 2.27. The lowest BCUT2D eigenvalue weighted by Crippen LogP contribution is -2.28. The van der Waals surface area contributed by atoms with E-state index < -0.39 is 0 Å². The maximum atomic E-state index is 5.28. The number of hydrogen-bond donors (Lipinski definition) is 2. The summed E-state index contributed by atoms with van der Waals surface area (Å²) in [6.07, 6.45) is 0.987. The van der Waals surface area contributed by atoms with Gasteiger partial charge >= 0.3 is 0 Å². The molecule has 104 valence electrons. The van der Waals surface area contributed by atoms with Gasteiger partial charge in [0.05, 0.1) is 13.2 Å². The highest BCUT2D eigenvalue weighted by molar-refractivity contribution is 7.15. The molecular formula is C10H21N5O2S. The zero-order chi connectivity index (χ0) is 13.2. The van der Waals surface area contributed by atoms with E-state index in [0.717, 1.165) is 37.7 Å². The van der Waals surface area contributed by atoms with Gasteiger partial charge in [0.2, 0.25) is 5.13 Å². The van der Waals surface area contributed by atoms with Crippen LogP contribution in [-0.2, 0) is 16.0 Å². The molecule has 1 rings (SSSR count). The Morgan fingerprint density at radius 1 is 1.22 bits per heavy atom. The highest BCUT2D eigenvalue weighted by Crippen LogP contribution is 2.15. The third kappa shape index (κ3) is 5.69. The molecule has 0 radical (unpaired) electrons. The van der Waals surface area contributed by atoms with Gasteiger partial charge in [-0.2, -0.15) is 0 Å².